The van der Waals surface area contributed by atoms with Crippen molar-refractivity contribution in [2.24, 2.45) is 16.7 Å². The van der Waals surface area contributed by atoms with E-state index in [0.29, 0.717) is 12.3 Å². The van der Waals surface area contributed by atoms with Gasteiger partial charge in [0.25, 0.3) is 0 Å². The Kier molecular flexibility index (Phi) is 3.54. The summed E-state index contributed by atoms with van der Waals surface area (Å²) in [5, 5.41) is 8.76. The first kappa shape index (κ1) is 14.3. The normalized spacial score (nSPS) is 38.2. The van der Waals surface area contributed by atoms with E-state index in [1.807, 2.05) is 0 Å². The summed E-state index contributed by atoms with van der Waals surface area (Å²) in [6.45, 7) is 6.50. The molecule has 2 saturated carbocycles. The first-order chi connectivity index (χ1) is 8.21. The number of rotatable bonds is 5. The summed E-state index contributed by atoms with van der Waals surface area (Å²) in [5.41, 5.74) is 0.153. The molecule has 0 aliphatic heterocycles. The molecule has 0 aromatic rings. The zero-order valence-corrected chi connectivity index (χ0v) is 12.4. The Morgan fingerprint density at radius 2 is 2.00 bits per heavy atom. The molecular weight excluding hydrogens is 250 g/mol. The zero-order valence-electron chi connectivity index (χ0n) is 11.6. The molecule has 0 spiro atoms. The molecule has 3 unspecified atom stereocenters. The van der Waals surface area contributed by atoms with Crippen LogP contribution in [0.25, 0.3) is 0 Å². The maximum Gasteiger partial charge on any atom is 0.211 e. The average molecular weight is 275 g/mol. The van der Waals surface area contributed by atoms with Gasteiger partial charge in [-0.2, -0.15) is 0 Å². The number of hydrogen-bond acceptors (Lipinski definition) is 3. The first-order valence-corrected chi connectivity index (χ1v) is 8.47. The molecule has 4 nitrogen and oxygen atoms in total. The van der Waals surface area contributed by atoms with Crippen molar-refractivity contribution < 1.29 is 13.5 Å². The van der Waals surface area contributed by atoms with E-state index in [2.05, 4.69) is 25.5 Å². The number of sulfonamides is 1. The highest BCUT2D eigenvalue weighted by Crippen LogP contribution is 2.62. The van der Waals surface area contributed by atoms with Gasteiger partial charge in [0.15, 0.2) is 0 Å². The lowest BCUT2D eigenvalue weighted by Gasteiger charge is -2.42. The minimum Gasteiger partial charge on any atom is -0.396 e. The van der Waals surface area contributed by atoms with Gasteiger partial charge in [-0.05, 0) is 42.4 Å². The molecule has 0 heterocycles. The van der Waals surface area contributed by atoms with E-state index in [-0.39, 0.29) is 29.2 Å². The van der Waals surface area contributed by atoms with E-state index in [4.69, 9.17) is 5.11 Å². The summed E-state index contributed by atoms with van der Waals surface area (Å²) in [4.78, 5) is 0. The topological polar surface area (TPSA) is 66.4 Å². The molecule has 2 aliphatic rings. The van der Waals surface area contributed by atoms with Gasteiger partial charge in [-0.15, -0.1) is 0 Å². The lowest BCUT2D eigenvalue weighted by molar-refractivity contribution is 0.127. The molecule has 3 atom stereocenters. The molecule has 2 bridgehead atoms. The Bertz CT molecular complexity index is 413. The van der Waals surface area contributed by atoms with Gasteiger partial charge in [-0.25, -0.2) is 13.1 Å². The molecule has 0 aromatic heterocycles. The predicted octanol–water partition coefficient (Wildman–Crippen LogP) is 1.50. The third-order valence-corrected chi connectivity index (χ3v) is 6.56. The molecule has 2 aliphatic carbocycles. The second-order valence-corrected chi connectivity index (χ2v) is 8.74. The summed E-state index contributed by atoms with van der Waals surface area (Å²) in [7, 11) is -3.27. The Labute approximate surface area is 110 Å². The van der Waals surface area contributed by atoms with Crippen molar-refractivity contribution in [1.82, 2.24) is 4.72 Å². The summed E-state index contributed by atoms with van der Waals surface area (Å²) in [6.07, 6.45) is 3.78. The van der Waals surface area contributed by atoms with E-state index < -0.39 is 10.0 Å². The Morgan fingerprint density at radius 3 is 2.50 bits per heavy atom. The van der Waals surface area contributed by atoms with Gasteiger partial charge in [0.05, 0.1) is 5.75 Å². The number of fused-ring (bicyclic) bond motifs is 2. The van der Waals surface area contributed by atoms with Gasteiger partial charge in [0.1, 0.15) is 0 Å². The quantitative estimate of drug-likeness (QED) is 0.799. The fourth-order valence-electron chi connectivity index (χ4n) is 4.09. The van der Waals surface area contributed by atoms with Crippen LogP contribution in [0.1, 0.15) is 46.5 Å². The minimum absolute atomic E-state index is 0.0246. The lowest BCUT2D eigenvalue weighted by atomic mass is 9.69. The van der Waals surface area contributed by atoms with Crippen molar-refractivity contribution in [2.45, 2.75) is 52.5 Å². The van der Waals surface area contributed by atoms with Crippen LogP contribution >= 0.6 is 0 Å². The standard InChI is InChI=1S/C13H25NO3S/c1-12(2)10-5-6-13(3,9-10)11(12)14-18(16,17)8-4-7-15/h10-11,14-15H,4-9H2,1-3H3. The monoisotopic (exact) mass is 275 g/mol. The van der Waals surface area contributed by atoms with Crippen LogP contribution in [0.4, 0.5) is 0 Å². The van der Waals surface area contributed by atoms with Gasteiger partial charge in [-0.1, -0.05) is 20.8 Å². The number of aliphatic hydroxyl groups is 1. The summed E-state index contributed by atoms with van der Waals surface area (Å²) >= 11 is 0. The number of aliphatic hydroxyl groups excluding tert-OH is 1. The molecule has 2 N–H and O–H groups in total. The summed E-state index contributed by atoms with van der Waals surface area (Å²) in [6, 6.07) is 0.0347. The van der Waals surface area contributed by atoms with Crippen LogP contribution in [0.2, 0.25) is 0 Å². The average Bonchev–Trinajstić information content (AvgIpc) is 2.73. The zero-order chi connectivity index (χ0) is 13.6. The second kappa shape index (κ2) is 4.46. The number of hydrogen-bond donors (Lipinski definition) is 2. The van der Waals surface area contributed by atoms with E-state index in [0.717, 1.165) is 12.8 Å². The van der Waals surface area contributed by atoms with Crippen LogP contribution in [0, 0.1) is 16.7 Å². The highest BCUT2D eigenvalue weighted by atomic mass is 32.2. The molecule has 0 saturated heterocycles. The highest BCUT2D eigenvalue weighted by molar-refractivity contribution is 7.89. The van der Waals surface area contributed by atoms with E-state index in [1.165, 1.54) is 6.42 Å². The van der Waals surface area contributed by atoms with E-state index >= 15 is 0 Å². The molecule has 0 radical (unpaired) electrons. The molecule has 106 valence electrons. The Morgan fingerprint density at radius 1 is 1.33 bits per heavy atom. The summed E-state index contributed by atoms with van der Waals surface area (Å²) < 4.78 is 27.0. The number of nitrogens with one attached hydrogen (secondary N) is 1. The minimum atomic E-state index is -3.27. The van der Waals surface area contributed by atoms with Crippen LogP contribution in [-0.2, 0) is 10.0 Å². The van der Waals surface area contributed by atoms with Crippen LogP contribution < -0.4 is 4.72 Å². The predicted molar refractivity (Wildman–Crippen MR) is 71.6 cm³/mol. The maximum absolute atomic E-state index is 12.0. The van der Waals surface area contributed by atoms with Crippen molar-refractivity contribution in [3.05, 3.63) is 0 Å². The van der Waals surface area contributed by atoms with E-state index in [1.54, 1.807) is 0 Å². The fourth-order valence-corrected chi connectivity index (χ4v) is 5.66. The Hall–Kier alpha value is -0.130. The van der Waals surface area contributed by atoms with Gasteiger partial charge >= 0.3 is 0 Å². The van der Waals surface area contributed by atoms with Crippen molar-refractivity contribution in [2.75, 3.05) is 12.4 Å². The first-order valence-electron chi connectivity index (χ1n) is 6.82. The molecule has 5 heteroatoms. The molecule has 18 heavy (non-hydrogen) atoms. The van der Waals surface area contributed by atoms with Gasteiger partial charge < -0.3 is 5.11 Å². The third kappa shape index (κ3) is 2.32. The molecular formula is C13H25NO3S. The third-order valence-electron chi connectivity index (χ3n) is 5.14. The largest absolute Gasteiger partial charge is 0.396 e. The van der Waals surface area contributed by atoms with Crippen LogP contribution in [-0.4, -0.2) is 31.9 Å². The maximum atomic E-state index is 12.0. The molecule has 0 amide bonds. The summed E-state index contributed by atoms with van der Waals surface area (Å²) in [5.74, 6) is 0.657. The molecule has 2 rings (SSSR count). The van der Waals surface area contributed by atoms with Crippen molar-refractivity contribution in [3.8, 4) is 0 Å². The van der Waals surface area contributed by atoms with Gasteiger partial charge in [0, 0.05) is 12.6 Å². The van der Waals surface area contributed by atoms with Crippen molar-refractivity contribution >= 4 is 10.0 Å². The van der Waals surface area contributed by atoms with E-state index in [9.17, 15) is 8.42 Å². The fraction of sp³-hybridized carbons (Fsp3) is 1.00. The SMILES string of the molecule is CC12CCC(C1)C(C)(C)C2NS(=O)(=O)CCCO. The van der Waals surface area contributed by atoms with Crippen molar-refractivity contribution in [3.63, 3.8) is 0 Å². The molecule has 2 fully saturated rings. The smallest absolute Gasteiger partial charge is 0.211 e. The van der Waals surface area contributed by atoms with Crippen molar-refractivity contribution in [1.29, 1.82) is 0 Å². The van der Waals surface area contributed by atoms with Crippen LogP contribution in [0.15, 0.2) is 0 Å². The second-order valence-electron chi connectivity index (χ2n) is 6.86. The molecule has 0 aromatic carbocycles. The van der Waals surface area contributed by atoms with Crippen LogP contribution in [0.3, 0.4) is 0 Å². The Balaban J connectivity index is 2.14. The lowest BCUT2D eigenvalue weighted by Crippen LogP contribution is -2.52. The van der Waals surface area contributed by atoms with Gasteiger partial charge in [-0.3, -0.25) is 0 Å². The van der Waals surface area contributed by atoms with Gasteiger partial charge in [0.2, 0.25) is 10.0 Å². The highest BCUT2D eigenvalue weighted by Gasteiger charge is 2.60. The van der Waals surface area contributed by atoms with Crippen LogP contribution in [0.5, 0.6) is 0 Å².